The minimum absolute atomic E-state index is 0.144. The zero-order valence-electron chi connectivity index (χ0n) is 11.3. The van der Waals surface area contributed by atoms with Crippen molar-refractivity contribution < 1.29 is 5.11 Å². The summed E-state index contributed by atoms with van der Waals surface area (Å²) in [5, 5.41) is 15.7. The number of nitrogens with zero attached hydrogens (tertiary/aromatic N) is 1. The van der Waals surface area contributed by atoms with Crippen molar-refractivity contribution in [3.8, 4) is 0 Å². The van der Waals surface area contributed by atoms with Gasteiger partial charge in [-0.15, -0.1) is 11.3 Å². The number of hydrogen-bond donors (Lipinski definition) is 2. The number of thiazole rings is 1. The average molecular weight is 256 g/mol. The molecule has 0 amide bonds. The van der Waals surface area contributed by atoms with Crippen LogP contribution < -0.4 is 5.32 Å². The first-order valence-corrected chi connectivity index (χ1v) is 7.08. The molecule has 1 rings (SSSR count). The van der Waals surface area contributed by atoms with Crippen LogP contribution in [0.1, 0.15) is 50.7 Å². The summed E-state index contributed by atoms with van der Waals surface area (Å²) in [4.78, 5) is 4.58. The molecule has 0 aliphatic carbocycles. The third kappa shape index (κ3) is 5.15. The summed E-state index contributed by atoms with van der Waals surface area (Å²) >= 11 is 1.73. The fourth-order valence-electron chi connectivity index (χ4n) is 1.59. The van der Waals surface area contributed by atoms with Gasteiger partial charge in [0, 0.05) is 31.0 Å². The van der Waals surface area contributed by atoms with Gasteiger partial charge in [-0.25, -0.2) is 4.98 Å². The molecule has 1 aromatic rings. The van der Waals surface area contributed by atoms with Crippen LogP contribution in [-0.2, 0) is 6.54 Å². The summed E-state index contributed by atoms with van der Waals surface area (Å²) in [6, 6.07) is 0. The van der Waals surface area contributed by atoms with E-state index in [1.165, 1.54) is 5.01 Å². The van der Waals surface area contributed by atoms with Crippen LogP contribution in [0.2, 0.25) is 0 Å². The Kier molecular flexibility index (Phi) is 5.56. The molecule has 0 saturated carbocycles. The summed E-state index contributed by atoms with van der Waals surface area (Å²) in [5.41, 5.74) is 1.27. The van der Waals surface area contributed by atoms with Gasteiger partial charge in [-0.1, -0.05) is 27.7 Å². The van der Waals surface area contributed by atoms with Crippen molar-refractivity contribution in [1.29, 1.82) is 0 Å². The Labute approximate surface area is 108 Å². The maximum absolute atomic E-state index is 8.94. The lowest BCUT2D eigenvalue weighted by atomic mass is 9.90. The largest absolute Gasteiger partial charge is 0.396 e. The molecule has 0 bridgehead atoms. The Hall–Kier alpha value is -0.450. The monoisotopic (exact) mass is 256 g/mol. The number of aliphatic hydroxyl groups excluding tert-OH is 1. The highest BCUT2D eigenvalue weighted by Gasteiger charge is 2.16. The Morgan fingerprint density at radius 2 is 2.18 bits per heavy atom. The van der Waals surface area contributed by atoms with E-state index in [9.17, 15) is 0 Å². The number of rotatable bonds is 7. The van der Waals surface area contributed by atoms with Crippen molar-refractivity contribution in [3.63, 3.8) is 0 Å². The van der Waals surface area contributed by atoms with Crippen LogP contribution in [0.25, 0.3) is 0 Å². The highest BCUT2D eigenvalue weighted by molar-refractivity contribution is 7.09. The van der Waals surface area contributed by atoms with Crippen LogP contribution in [0.5, 0.6) is 0 Å². The van der Waals surface area contributed by atoms with Gasteiger partial charge >= 0.3 is 0 Å². The van der Waals surface area contributed by atoms with Gasteiger partial charge in [-0.05, 0) is 11.8 Å². The maximum atomic E-state index is 8.94. The molecule has 1 aromatic heterocycles. The Morgan fingerprint density at radius 1 is 1.47 bits per heavy atom. The van der Waals surface area contributed by atoms with Crippen LogP contribution >= 0.6 is 11.3 Å². The first-order chi connectivity index (χ1) is 7.94. The second-order valence-electron chi connectivity index (χ2n) is 5.57. The topological polar surface area (TPSA) is 45.2 Å². The molecule has 0 atom stereocenters. The van der Waals surface area contributed by atoms with E-state index >= 15 is 0 Å². The van der Waals surface area contributed by atoms with Gasteiger partial charge in [0.1, 0.15) is 0 Å². The predicted octanol–water partition coefficient (Wildman–Crippen LogP) is 2.76. The summed E-state index contributed by atoms with van der Waals surface area (Å²) in [6.45, 7) is 10.6. The molecule has 17 heavy (non-hydrogen) atoms. The van der Waals surface area contributed by atoms with Gasteiger partial charge in [-0.2, -0.15) is 0 Å². The van der Waals surface area contributed by atoms with Gasteiger partial charge in [0.25, 0.3) is 0 Å². The lowest BCUT2D eigenvalue weighted by Gasteiger charge is -2.23. The first kappa shape index (κ1) is 14.6. The molecule has 2 N–H and O–H groups in total. The highest BCUT2D eigenvalue weighted by atomic mass is 32.1. The van der Waals surface area contributed by atoms with E-state index in [4.69, 9.17) is 5.11 Å². The molecule has 0 aromatic carbocycles. The zero-order valence-corrected chi connectivity index (χ0v) is 12.1. The molecule has 3 nitrogen and oxygen atoms in total. The first-order valence-electron chi connectivity index (χ1n) is 6.20. The second-order valence-corrected chi connectivity index (χ2v) is 6.46. The molecular weight excluding hydrogens is 232 g/mol. The Balaban J connectivity index is 2.35. The fourth-order valence-corrected chi connectivity index (χ4v) is 2.42. The lowest BCUT2D eigenvalue weighted by molar-refractivity contribution is 0.207. The summed E-state index contributed by atoms with van der Waals surface area (Å²) in [5.74, 6) is 0.513. The van der Waals surface area contributed by atoms with Crippen molar-refractivity contribution in [1.82, 2.24) is 10.3 Å². The van der Waals surface area contributed by atoms with E-state index in [-0.39, 0.29) is 12.0 Å². The smallest absolute Gasteiger partial charge is 0.0954 e. The fraction of sp³-hybridized carbons (Fsp3) is 0.769. The minimum atomic E-state index is 0.144. The van der Waals surface area contributed by atoms with Crippen molar-refractivity contribution in [3.05, 3.63) is 16.1 Å². The van der Waals surface area contributed by atoms with Gasteiger partial charge < -0.3 is 10.4 Å². The molecule has 0 spiro atoms. The van der Waals surface area contributed by atoms with E-state index in [0.29, 0.717) is 5.92 Å². The summed E-state index contributed by atoms with van der Waals surface area (Å²) in [6.07, 6.45) is 0.828. The Morgan fingerprint density at radius 3 is 2.71 bits per heavy atom. The molecule has 0 fully saturated rings. The SMILES string of the molecule is CC(C)c1nc(CNCC(C)(C)CCO)cs1. The van der Waals surface area contributed by atoms with Crippen molar-refractivity contribution in [2.75, 3.05) is 13.2 Å². The number of aliphatic hydroxyl groups is 1. The molecule has 4 heteroatoms. The molecule has 0 aliphatic heterocycles. The zero-order chi connectivity index (χ0) is 12.9. The van der Waals surface area contributed by atoms with E-state index < -0.39 is 0 Å². The van der Waals surface area contributed by atoms with Crippen molar-refractivity contribution >= 4 is 11.3 Å². The van der Waals surface area contributed by atoms with Gasteiger partial charge in [0.2, 0.25) is 0 Å². The molecule has 0 unspecified atom stereocenters. The van der Waals surface area contributed by atoms with Gasteiger partial charge in [-0.3, -0.25) is 0 Å². The standard InChI is InChI=1S/C13H24N2OS/c1-10(2)12-15-11(8-17-12)7-14-9-13(3,4)5-6-16/h8,10,14,16H,5-7,9H2,1-4H3. The quantitative estimate of drug-likeness (QED) is 0.788. The molecule has 98 valence electrons. The van der Waals surface area contributed by atoms with Crippen LogP contribution in [0.4, 0.5) is 0 Å². The third-order valence-corrected chi connectivity index (χ3v) is 3.96. The second kappa shape index (κ2) is 6.47. The molecule has 0 saturated heterocycles. The minimum Gasteiger partial charge on any atom is -0.396 e. The molecular formula is C13H24N2OS. The van der Waals surface area contributed by atoms with Crippen molar-refractivity contribution in [2.24, 2.45) is 5.41 Å². The molecule has 0 aliphatic rings. The average Bonchev–Trinajstić information content (AvgIpc) is 2.66. The number of hydrogen-bond acceptors (Lipinski definition) is 4. The maximum Gasteiger partial charge on any atom is 0.0954 e. The lowest BCUT2D eigenvalue weighted by Crippen LogP contribution is -2.30. The van der Waals surface area contributed by atoms with Gasteiger partial charge in [0.15, 0.2) is 0 Å². The van der Waals surface area contributed by atoms with E-state index in [0.717, 1.165) is 25.2 Å². The number of aromatic nitrogens is 1. The molecule has 1 heterocycles. The summed E-state index contributed by atoms with van der Waals surface area (Å²) in [7, 11) is 0. The van der Waals surface area contributed by atoms with Crippen LogP contribution in [0.3, 0.4) is 0 Å². The highest BCUT2D eigenvalue weighted by Crippen LogP contribution is 2.20. The van der Waals surface area contributed by atoms with Crippen molar-refractivity contribution in [2.45, 2.75) is 46.6 Å². The molecule has 0 radical (unpaired) electrons. The Bertz CT molecular complexity index is 334. The van der Waals surface area contributed by atoms with Crippen LogP contribution in [0.15, 0.2) is 5.38 Å². The van der Waals surface area contributed by atoms with E-state index in [2.05, 4.69) is 43.4 Å². The number of nitrogens with one attached hydrogen (secondary N) is 1. The predicted molar refractivity (Wildman–Crippen MR) is 73.4 cm³/mol. The normalized spacial score (nSPS) is 12.4. The van der Waals surface area contributed by atoms with E-state index in [1.807, 2.05) is 0 Å². The third-order valence-electron chi connectivity index (χ3n) is 2.76. The van der Waals surface area contributed by atoms with Crippen LogP contribution in [-0.4, -0.2) is 23.2 Å². The van der Waals surface area contributed by atoms with Crippen LogP contribution in [0, 0.1) is 5.41 Å². The van der Waals surface area contributed by atoms with Gasteiger partial charge in [0.05, 0.1) is 10.7 Å². The van der Waals surface area contributed by atoms with E-state index in [1.54, 1.807) is 11.3 Å². The summed E-state index contributed by atoms with van der Waals surface area (Å²) < 4.78 is 0.